The van der Waals surface area contributed by atoms with E-state index in [1.54, 1.807) is 0 Å². The van der Waals surface area contributed by atoms with E-state index in [0.717, 1.165) is 38.5 Å². The highest BCUT2D eigenvalue weighted by Gasteiger charge is 2.33. The van der Waals surface area contributed by atoms with Crippen LogP contribution in [0.25, 0.3) is 0 Å². The molecule has 2 heterocycles. The fraction of sp³-hybridized carbons (Fsp3) is 0.837. The zero-order valence-corrected chi connectivity index (χ0v) is 35.9. The number of piperidine rings is 1. The molecule has 0 aliphatic carbocycles. The Morgan fingerprint density at radius 2 is 1.15 bits per heavy atom. The van der Waals surface area contributed by atoms with Crippen LogP contribution in [0.15, 0.2) is 4.99 Å². The van der Waals surface area contributed by atoms with Gasteiger partial charge >= 0.3 is 5.97 Å². The van der Waals surface area contributed by atoms with Gasteiger partial charge in [0, 0.05) is 51.4 Å². The molecule has 0 bridgehead atoms. The van der Waals surface area contributed by atoms with E-state index in [4.69, 9.17) is 24.1 Å². The Balaban J connectivity index is 1.38. The predicted molar refractivity (Wildman–Crippen MR) is 224 cm³/mol. The number of Topliss-reactive ketones (excluding diaryl/α,β-unsaturated/α-hetero) is 1. The second kappa shape index (κ2) is 34.3. The van der Waals surface area contributed by atoms with E-state index in [1.165, 1.54) is 71.1 Å². The van der Waals surface area contributed by atoms with Crippen LogP contribution >= 0.6 is 0 Å². The molecule has 0 aromatic carbocycles. The molecule has 2 aliphatic rings. The predicted octanol–water partition coefficient (Wildman–Crippen LogP) is 4.51. The number of nitrogens with one attached hydrogen (secondary N) is 3. The summed E-state index contributed by atoms with van der Waals surface area (Å²) in [7, 11) is 0. The van der Waals surface area contributed by atoms with Crippen LogP contribution < -0.4 is 16.0 Å². The van der Waals surface area contributed by atoms with Gasteiger partial charge in [0.15, 0.2) is 5.78 Å². The van der Waals surface area contributed by atoms with Gasteiger partial charge in [-0.15, -0.1) is 0 Å². The lowest BCUT2D eigenvalue weighted by Crippen LogP contribution is -2.46. The number of carboxylic acids is 1. The lowest BCUT2D eigenvalue weighted by molar-refractivity contribution is -0.137. The molecular formula is C43H75N5O11. The molecule has 16 heteroatoms. The molecule has 338 valence electrons. The van der Waals surface area contributed by atoms with Crippen molar-refractivity contribution in [2.45, 2.75) is 148 Å². The van der Waals surface area contributed by atoms with Crippen molar-refractivity contribution in [3.05, 3.63) is 0 Å². The molecular weight excluding hydrogens is 762 g/mol. The topological polar surface area (TPSA) is 211 Å². The number of aliphatic carboxylic acids is 1. The van der Waals surface area contributed by atoms with E-state index in [1.807, 2.05) is 4.90 Å². The second-order valence-corrected chi connectivity index (χ2v) is 15.7. The minimum Gasteiger partial charge on any atom is -0.481 e. The summed E-state index contributed by atoms with van der Waals surface area (Å²) in [5, 5.41) is 17.3. The number of likely N-dealkylation sites (tertiary alicyclic amines) is 1. The first-order chi connectivity index (χ1) is 28.7. The first kappa shape index (κ1) is 51.7. The average molecular weight is 838 g/mol. The van der Waals surface area contributed by atoms with Gasteiger partial charge < -0.3 is 44.9 Å². The van der Waals surface area contributed by atoms with Crippen LogP contribution in [0.5, 0.6) is 0 Å². The minimum absolute atomic E-state index is 0.0445. The van der Waals surface area contributed by atoms with Crippen molar-refractivity contribution in [1.82, 2.24) is 20.9 Å². The first-order valence-electron chi connectivity index (χ1n) is 22.4. The molecule has 1 fully saturated rings. The van der Waals surface area contributed by atoms with Gasteiger partial charge in [0.25, 0.3) is 5.91 Å². The van der Waals surface area contributed by atoms with Gasteiger partial charge in [0.1, 0.15) is 25.1 Å². The largest absolute Gasteiger partial charge is 0.481 e. The molecule has 4 amide bonds. The van der Waals surface area contributed by atoms with E-state index in [-0.39, 0.29) is 55.2 Å². The fourth-order valence-corrected chi connectivity index (χ4v) is 7.03. The summed E-state index contributed by atoms with van der Waals surface area (Å²) in [4.78, 5) is 77.3. The molecule has 0 aromatic rings. The number of ketones is 1. The molecule has 1 atom stereocenters. The van der Waals surface area contributed by atoms with E-state index in [9.17, 15) is 28.8 Å². The quantitative estimate of drug-likeness (QED) is 0.0638. The number of amides is 4. The smallest absolute Gasteiger partial charge is 0.303 e. The van der Waals surface area contributed by atoms with Gasteiger partial charge in [0.05, 0.1) is 39.6 Å². The summed E-state index contributed by atoms with van der Waals surface area (Å²) in [6.07, 6.45) is 21.2. The Hall–Kier alpha value is -3.47. The van der Waals surface area contributed by atoms with Gasteiger partial charge in [-0.3, -0.25) is 28.8 Å². The number of hydrogen-bond acceptors (Lipinski definition) is 11. The average Bonchev–Trinajstić information content (AvgIpc) is 3.56. The highest BCUT2D eigenvalue weighted by atomic mass is 16.5. The zero-order chi connectivity index (χ0) is 42.8. The van der Waals surface area contributed by atoms with Crippen LogP contribution in [0.1, 0.15) is 142 Å². The number of carboxylic acid groups (broad SMARTS) is 1. The van der Waals surface area contributed by atoms with Crippen molar-refractivity contribution in [3.63, 3.8) is 0 Å². The van der Waals surface area contributed by atoms with Crippen molar-refractivity contribution >= 4 is 41.2 Å². The van der Waals surface area contributed by atoms with Crippen LogP contribution in [0.3, 0.4) is 0 Å². The van der Waals surface area contributed by atoms with Crippen LogP contribution in [-0.4, -0.2) is 136 Å². The summed E-state index contributed by atoms with van der Waals surface area (Å²) in [6.45, 7) is 5.15. The van der Waals surface area contributed by atoms with Gasteiger partial charge in [-0.25, -0.2) is 0 Å². The Morgan fingerprint density at radius 1 is 0.661 bits per heavy atom. The SMILES string of the molecule is CC(=O)COCCOCCNC(=O)COCCOCCNC1=NC(=O)C(NC(=O)C2CCN(C(=O)CCCCCCCCCCCCCCCCCCC(=O)O)CC2)C1. The van der Waals surface area contributed by atoms with E-state index in [0.29, 0.717) is 97.2 Å². The van der Waals surface area contributed by atoms with Crippen LogP contribution in [0, 0.1) is 5.92 Å². The molecule has 16 nitrogen and oxygen atoms in total. The highest BCUT2D eigenvalue weighted by Crippen LogP contribution is 2.20. The molecule has 1 saturated heterocycles. The summed E-state index contributed by atoms with van der Waals surface area (Å²) >= 11 is 0. The normalized spacial score (nSPS) is 15.6. The monoisotopic (exact) mass is 838 g/mol. The molecule has 59 heavy (non-hydrogen) atoms. The number of carbonyl (C=O) groups is 6. The number of carbonyl (C=O) groups excluding carboxylic acids is 5. The van der Waals surface area contributed by atoms with Crippen molar-refractivity contribution in [3.8, 4) is 0 Å². The fourth-order valence-electron chi connectivity index (χ4n) is 7.03. The van der Waals surface area contributed by atoms with Crippen LogP contribution in [0.4, 0.5) is 0 Å². The molecule has 4 N–H and O–H groups in total. The minimum atomic E-state index is -0.695. The summed E-state index contributed by atoms with van der Waals surface area (Å²) < 4.78 is 21.2. The van der Waals surface area contributed by atoms with Gasteiger partial charge in [-0.05, 0) is 32.6 Å². The summed E-state index contributed by atoms with van der Waals surface area (Å²) in [6, 6.07) is -0.695. The maximum absolute atomic E-state index is 13.0. The maximum Gasteiger partial charge on any atom is 0.303 e. The van der Waals surface area contributed by atoms with E-state index >= 15 is 0 Å². The first-order valence-corrected chi connectivity index (χ1v) is 22.4. The number of aliphatic imine (C=N–C) groups is 1. The Kier molecular flexibility index (Phi) is 30.0. The highest BCUT2D eigenvalue weighted by molar-refractivity contribution is 6.05. The summed E-state index contributed by atoms with van der Waals surface area (Å²) in [5.74, 6) is -1.11. The molecule has 0 saturated carbocycles. The molecule has 0 spiro atoms. The van der Waals surface area contributed by atoms with Crippen molar-refractivity contribution in [2.75, 3.05) is 79.0 Å². The third-order valence-electron chi connectivity index (χ3n) is 10.4. The van der Waals surface area contributed by atoms with E-state index < -0.39 is 12.0 Å². The third kappa shape index (κ3) is 27.8. The zero-order valence-electron chi connectivity index (χ0n) is 35.9. The van der Waals surface area contributed by atoms with Crippen molar-refractivity contribution < 1.29 is 52.8 Å². The molecule has 0 aromatic heterocycles. The molecule has 0 radical (unpaired) electrons. The lowest BCUT2D eigenvalue weighted by Gasteiger charge is -2.31. The van der Waals surface area contributed by atoms with Crippen LogP contribution in [0.2, 0.25) is 0 Å². The van der Waals surface area contributed by atoms with E-state index in [2.05, 4.69) is 20.9 Å². The molecule has 2 aliphatic heterocycles. The maximum atomic E-state index is 13.0. The van der Waals surface area contributed by atoms with Gasteiger partial charge in [-0.1, -0.05) is 89.9 Å². The Morgan fingerprint density at radius 3 is 1.69 bits per heavy atom. The Labute approximate surface area is 352 Å². The van der Waals surface area contributed by atoms with Gasteiger partial charge in [0.2, 0.25) is 17.7 Å². The third-order valence-corrected chi connectivity index (χ3v) is 10.4. The lowest BCUT2D eigenvalue weighted by atomic mass is 9.95. The number of hydrogen-bond donors (Lipinski definition) is 4. The molecule has 1 unspecified atom stereocenters. The standard InChI is InChI=1S/C43H75N5O11/c1-35(49)33-58-30-28-57-27-23-45-39(50)34-59-31-29-56-26-22-44-38-32-37(43(55)47-38)46-42(54)36-20-24-48(25-21-36)40(51)18-16-14-12-10-8-6-4-2-3-5-7-9-11-13-15-17-19-41(52)53/h36-37H,2-34H2,1H3,(H,45,50)(H,46,54)(H,52,53)(H,44,47,55). The number of unbranched alkanes of at least 4 members (excludes halogenated alkanes) is 15. The second-order valence-electron chi connectivity index (χ2n) is 15.7. The number of amidine groups is 1. The Bertz CT molecular complexity index is 1240. The molecule has 2 rings (SSSR count). The van der Waals surface area contributed by atoms with Gasteiger partial charge in [-0.2, -0.15) is 4.99 Å². The number of nitrogens with zero attached hydrogens (tertiary/aromatic N) is 2. The van der Waals surface area contributed by atoms with Crippen molar-refractivity contribution in [2.24, 2.45) is 10.9 Å². The number of rotatable bonds is 37. The van der Waals surface area contributed by atoms with Crippen LogP contribution in [-0.2, 0) is 47.7 Å². The number of ether oxygens (including phenoxy) is 4. The van der Waals surface area contributed by atoms with Crippen molar-refractivity contribution in [1.29, 1.82) is 0 Å². The summed E-state index contributed by atoms with van der Waals surface area (Å²) in [5.41, 5.74) is 0.